The molecule has 0 radical (unpaired) electrons. The Morgan fingerprint density at radius 1 is 0.939 bits per heavy atom. The molecule has 1 aliphatic heterocycles. The van der Waals surface area contributed by atoms with Crippen LogP contribution >= 0.6 is 0 Å². The van der Waals surface area contributed by atoms with E-state index in [9.17, 15) is 0 Å². The zero-order valence-corrected chi connectivity index (χ0v) is 20.0. The number of benzene rings is 1. The number of piperazine rings is 1. The third kappa shape index (κ3) is 5.79. The van der Waals surface area contributed by atoms with Gasteiger partial charge in [0, 0.05) is 43.5 Å². The molecule has 2 aliphatic rings. The zero-order valence-electron chi connectivity index (χ0n) is 20.0. The number of likely N-dealkylation sites (N-methyl/N-ethyl adjacent to an activating group) is 1. The lowest BCUT2D eigenvalue weighted by Crippen LogP contribution is -2.44. The number of aromatic nitrogens is 4. The summed E-state index contributed by atoms with van der Waals surface area (Å²) in [5.74, 6) is 3.35. The summed E-state index contributed by atoms with van der Waals surface area (Å²) in [7, 11) is 2.17. The lowest BCUT2D eigenvalue weighted by molar-refractivity contribution is 0.312. The van der Waals surface area contributed by atoms with Crippen molar-refractivity contribution in [3.05, 3.63) is 59.0 Å². The highest BCUT2D eigenvalue weighted by molar-refractivity contribution is 5.69. The van der Waals surface area contributed by atoms with Crippen LogP contribution in [-0.4, -0.2) is 58.3 Å². The molecule has 0 spiro atoms. The van der Waals surface area contributed by atoms with Crippen molar-refractivity contribution in [1.29, 1.82) is 0 Å². The molecule has 0 bridgehead atoms. The van der Waals surface area contributed by atoms with E-state index < -0.39 is 0 Å². The molecule has 0 unspecified atom stereocenters. The van der Waals surface area contributed by atoms with Gasteiger partial charge in [-0.2, -0.15) is 5.10 Å². The van der Waals surface area contributed by atoms with E-state index in [4.69, 9.17) is 9.97 Å². The molecule has 1 saturated heterocycles. The Kier molecular flexibility index (Phi) is 7.73. The lowest BCUT2D eigenvalue weighted by Gasteiger charge is -2.33. The predicted molar refractivity (Wildman–Crippen MR) is 137 cm³/mol. The van der Waals surface area contributed by atoms with Crippen molar-refractivity contribution < 1.29 is 0 Å². The normalized spacial score (nSPS) is 16.3. The maximum Gasteiger partial charge on any atom is 0.156 e. The minimum absolute atomic E-state index is 0.701. The van der Waals surface area contributed by atoms with Gasteiger partial charge in [0.25, 0.3) is 0 Å². The summed E-state index contributed by atoms with van der Waals surface area (Å²) in [6.45, 7) is 8.00. The first kappa shape index (κ1) is 23.0. The Bertz CT molecular complexity index is 1050. The molecule has 0 amide bonds. The van der Waals surface area contributed by atoms with Crippen LogP contribution in [0, 0.1) is 0 Å². The first-order valence-corrected chi connectivity index (χ1v) is 12.1. The van der Waals surface area contributed by atoms with E-state index in [2.05, 4.69) is 56.6 Å². The maximum absolute atomic E-state index is 4.86. The van der Waals surface area contributed by atoms with Gasteiger partial charge in [0.1, 0.15) is 11.6 Å². The highest BCUT2D eigenvalue weighted by atomic mass is 15.3. The number of rotatable bonds is 5. The molecular formula is C26H35N7. The van der Waals surface area contributed by atoms with Crippen molar-refractivity contribution in [3.8, 4) is 0 Å². The molecule has 1 aliphatic carbocycles. The molecule has 7 heteroatoms. The first-order valence-electron chi connectivity index (χ1n) is 12.1. The molecule has 1 aromatic carbocycles. The van der Waals surface area contributed by atoms with E-state index in [0.717, 1.165) is 62.0 Å². The zero-order chi connectivity index (χ0) is 23.0. The van der Waals surface area contributed by atoms with Crippen molar-refractivity contribution in [2.75, 3.05) is 43.4 Å². The smallest absolute Gasteiger partial charge is 0.156 e. The Hall–Kier alpha value is -3.19. The second kappa shape index (κ2) is 11.1. The predicted octanol–water partition coefficient (Wildman–Crippen LogP) is 4.77. The number of anilines is 3. The summed E-state index contributed by atoms with van der Waals surface area (Å²) in [6, 6.07) is 12.3. The number of nitrogens with zero attached hydrogens (tertiary/aromatic N) is 5. The standard InChI is InChI=1S/C24H29N7.C2H6/c1-30-13-15-31(16-14-30)23-17-22(27-24-19-9-5-6-10-20(19)28-29-24)25-21(26-23)12-11-18-7-3-2-4-8-18;1-2/h2-4,7-8,11-12,17H,5-6,9-10,13-16H2,1H3,(H2,25,26,27,28,29);1-2H3/b12-11+;. The van der Waals surface area contributed by atoms with Crippen molar-refractivity contribution in [2.24, 2.45) is 0 Å². The Morgan fingerprint density at radius 2 is 1.70 bits per heavy atom. The second-order valence-electron chi connectivity index (χ2n) is 8.37. The number of hydrogen-bond donors (Lipinski definition) is 2. The van der Waals surface area contributed by atoms with E-state index in [1.807, 2.05) is 38.1 Å². The molecule has 1 fully saturated rings. The highest BCUT2D eigenvalue weighted by Gasteiger charge is 2.20. The van der Waals surface area contributed by atoms with E-state index in [0.29, 0.717) is 5.82 Å². The molecule has 33 heavy (non-hydrogen) atoms. The van der Waals surface area contributed by atoms with Crippen LogP contribution in [0.4, 0.5) is 17.5 Å². The maximum atomic E-state index is 4.86. The molecule has 2 aromatic heterocycles. The van der Waals surface area contributed by atoms with E-state index >= 15 is 0 Å². The van der Waals surface area contributed by atoms with Gasteiger partial charge in [-0.1, -0.05) is 50.3 Å². The fraction of sp³-hybridized carbons (Fsp3) is 0.423. The number of H-pyrrole nitrogens is 1. The van der Waals surface area contributed by atoms with Gasteiger partial charge in [-0.15, -0.1) is 0 Å². The monoisotopic (exact) mass is 445 g/mol. The quantitative estimate of drug-likeness (QED) is 0.589. The first-order chi connectivity index (χ1) is 16.2. The lowest BCUT2D eigenvalue weighted by atomic mass is 9.97. The van der Waals surface area contributed by atoms with Gasteiger partial charge in [-0.25, -0.2) is 9.97 Å². The van der Waals surface area contributed by atoms with E-state index in [-0.39, 0.29) is 0 Å². The molecule has 0 saturated carbocycles. The van der Waals surface area contributed by atoms with Crippen molar-refractivity contribution in [1.82, 2.24) is 25.1 Å². The Morgan fingerprint density at radius 3 is 2.48 bits per heavy atom. The number of fused-ring (bicyclic) bond motifs is 1. The van der Waals surface area contributed by atoms with Crippen LogP contribution in [0.5, 0.6) is 0 Å². The third-order valence-corrected chi connectivity index (χ3v) is 6.08. The van der Waals surface area contributed by atoms with Crippen LogP contribution in [0.3, 0.4) is 0 Å². The van der Waals surface area contributed by atoms with Crippen LogP contribution in [0.1, 0.15) is 49.3 Å². The van der Waals surface area contributed by atoms with Crippen LogP contribution in [-0.2, 0) is 12.8 Å². The van der Waals surface area contributed by atoms with Gasteiger partial charge in [-0.05, 0) is 44.4 Å². The molecule has 3 aromatic rings. The summed E-state index contributed by atoms with van der Waals surface area (Å²) in [4.78, 5) is 14.3. The molecule has 0 atom stereocenters. The number of hydrogen-bond acceptors (Lipinski definition) is 6. The SMILES string of the molecule is CC.CN1CCN(c2cc(Nc3n[nH]c4c3CCCC4)nc(/C=C/c3ccccc3)n2)CC1. The Balaban J connectivity index is 0.00000126. The minimum atomic E-state index is 0.701. The highest BCUT2D eigenvalue weighted by Crippen LogP contribution is 2.28. The fourth-order valence-electron chi connectivity index (χ4n) is 4.23. The fourth-order valence-corrected chi connectivity index (χ4v) is 4.23. The van der Waals surface area contributed by atoms with Crippen molar-refractivity contribution in [2.45, 2.75) is 39.5 Å². The summed E-state index contributed by atoms with van der Waals surface area (Å²) < 4.78 is 0. The number of aromatic amines is 1. The second-order valence-corrected chi connectivity index (χ2v) is 8.37. The van der Waals surface area contributed by atoms with Gasteiger partial charge in [0.05, 0.1) is 0 Å². The summed E-state index contributed by atoms with van der Waals surface area (Å²) in [6.07, 6.45) is 8.62. The van der Waals surface area contributed by atoms with E-state index in [1.54, 1.807) is 0 Å². The van der Waals surface area contributed by atoms with Crippen molar-refractivity contribution in [3.63, 3.8) is 0 Å². The Labute approximate surface area is 197 Å². The van der Waals surface area contributed by atoms with E-state index in [1.165, 1.54) is 24.1 Å². The van der Waals surface area contributed by atoms with Crippen LogP contribution in [0.2, 0.25) is 0 Å². The number of nitrogens with one attached hydrogen (secondary N) is 2. The van der Waals surface area contributed by atoms with Crippen molar-refractivity contribution >= 4 is 29.6 Å². The summed E-state index contributed by atoms with van der Waals surface area (Å²) >= 11 is 0. The third-order valence-electron chi connectivity index (χ3n) is 6.08. The molecular weight excluding hydrogens is 410 g/mol. The van der Waals surface area contributed by atoms with Crippen LogP contribution < -0.4 is 10.2 Å². The average Bonchev–Trinajstić information content (AvgIpc) is 3.28. The van der Waals surface area contributed by atoms with Crippen LogP contribution in [0.25, 0.3) is 12.2 Å². The molecule has 7 nitrogen and oxygen atoms in total. The van der Waals surface area contributed by atoms with Crippen LogP contribution in [0.15, 0.2) is 36.4 Å². The van der Waals surface area contributed by atoms with Gasteiger partial charge >= 0.3 is 0 Å². The van der Waals surface area contributed by atoms with Gasteiger partial charge < -0.3 is 15.1 Å². The topological polar surface area (TPSA) is 73.0 Å². The molecule has 3 heterocycles. The summed E-state index contributed by atoms with van der Waals surface area (Å²) in [5.41, 5.74) is 3.69. The van der Waals surface area contributed by atoms with Gasteiger partial charge in [0.2, 0.25) is 0 Å². The average molecular weight is 446 g/mol. The largest absolute Gasteiger partial charge is 0.354 e. The van der Waals surface area contributed by atoms with Gasteiger partial charge in [0.15, 0.2) is 11.6 Å². The minimum Gasteiger partial charge on any atom is -0.354 e. The molecule has 2 N–H and O–H groups in total. The molecule has 5 rings (SSSR count). The van der Waals surface area contributed by atoms with Gasteiger partial charge in [-0.3, -0.25) is 5.10 Å². The summed E-state index contributed by atoms with van der Waals surface area (Å²) in [5, 5.41) is 11.2. The molecule has 174 valence electrons. The number of aryl methyl sites for hydroxylation is 1.